The van der Waals surface area contributed by atoms with E-state index in [4.69, 9.17) is 32.7 Å². The summed E-state index contributed by atoms with van der Waals surface area (Å²) in [7, 11) is 0. The van der Waals surface area contributed by atoms with Gasteiger partial charge in [-0.25, -0.2) is 14.8 Å². The van der Waals surface area contributed by atoms with Gasteiger partial charge in [-0.1, -0.05) is 76.9 Å². The van der Waals surface area contributed by atoms with Crippen molar-refractivity contribution in [2.45, 2.75) is 19.1 Å². The normalized spacial score (nSPS) is 11.4. The number of carboxylic acid groups (broad SMARTS) is 1. The summed E-state index contributed by atoms with van der Waals surface area (Å²) in [5.74, 6) is -1.06. The van der Waals surface area contributed by atoms with Crippen LogP contribution in [0.2, 0.25) is 10.0 Å². The number of ether oxygens (including phenoxy) is 2. The van der Waals surface area contributed by atoms with Crippen molar-refractivity contribution in [3.63, 3.8) is 0 Å². The van der Waals surface area contributed by atoms with Gasteiger partial charge in [-0.2, -0.15) is 0 Å². The number of carbonyl (C=O) groups is 1. The van der Waals surface area contributed by atoms with Crippen LogP contribution in [0.3, 0.4) is 0 Å². The van der Waals surface area contributed by atoms with Crippen molar-refractivity contribution in [1.82, 2.24) is 9.97 Å². The van der Waals surface area contributed by atoms with E-state index in [9.17, 15) is 15.1 Å². The Kier molecular flexibility index (Phi) is 10.8. The third-order valence-electron chi connectivity index (χ3n) is 7.22. The molecule has 0 aliphatic rings. The molecule has 2 aromatic heterocycles. The van der Waals surface area contributed by atoms with E-state index in [1.807, 2.05) is 48.5 Å². The first-order chi connectivity index (χ1) is 21.9. The van der Waals surface area contributed by atoms with Crippen LogP contribution < -0.4 is 9.47 Å². The van der Waals surface area contributed by atoms with E-state index in [1.165, 1.54) is 0 Å². The predicted molar refractivity (Wildman–Crippen MR) is 181 cm³/mol. The molecule has 6 rings (SSSR count). The van der Waals surface area contributed by atoms with E-state index in [2.05, 4.69) is 15.1 Å². The van der Waals surface area contributed by atoms with Gasteiger partial charge in [0.2, 0.25) is 0 Å². The minimum atomic E-state index is -1.34. The summed E-state index contributed by atoms with van der Waals surface area (Å²) in [6.07, 6.45) is 0. The van der Waals surface area contributed by atoms with Crippen molar-refractivity contribution in [3.8, 4) is 11.5 Å². The molecule has 0 saturated heterocycles. The molecule has 0 fully saturated rings. The van der Waals surface area contributed by atoms with E-state index in [-0.39, 0.29) is 42.8 Å². The Hall–Kier alpha value is -4.18. The second kappa shape index (κ2) is 14.9. The molecule has 2 heterocycles. The van der Waals surface area contributed by atoms with Gasteiger partial charge in [0, 0.05) is 20.8 Å². The Morgan fingerprint density at radius 1 is 0.674 bits per heavy atom. The number of carboxylic acids is 1. The number of fused-ring (bicyclic) bond motifs is 2. The summed E-state index contributed by atoms with van der Waals surface area (Å²) in [5, 5.41) is 25.7. The molecule has 0 spiro atoms. The van der Waals surface area contributed by atoms with Crippen LogP contribution in [0, 0.1) is 0 Å². The van der Waals surface area contributed by atoms with Crippen LogP contribution in [0.25, 0.3) is 21.8 Å². The van der Waals surface area contributed by atoms with Crippen LogP contribution in [-0.2, 0) is 18.0 Å². The molecule has 0 amide bonds. The Balaban J connectivity index is 0.00000417. The standard InChI is InChI=1S/C35H25Cl2N3O5.Na.H/c36-25-9-1-21-3-11-27(38-31(21)17-25)19-44-29-13-5-23(6-14-29)33(34(40-43)35(41)42)24-7-15-30(16-8-24)45-20-28-12-4-22-2-10-26(37)18-32(22)39-28;;/h1-18,33,43H,19-20H2,(H,41,42);;/b40-34-;;. The molecule has 226 valence electrons. The molecule has 4 aromatic carbocycles. The molecule has 2 N–H and O–H groups in total. The fourth-order valence-corrected chi connectivity index (χ4v) is 5.32. The summed E-state index contributed by atoms with van der Waals surface area (Å²) in [6, 6.07) is 32.6. The molecule has 0 bridgehead atoms. The molecule has 0 aliphatic carbocycles. The average Bonchev–Trinajstić information content (AvgIpc) is 3.05. The van der Waals surface area contributed by atoms with E-state index >= 15 is 0 Å². The third kappa shape index (κ3) is 7.78. The quantitative estimate of drug-likeness (QED) is 0.0671. The number of benzene rings is 4. The van der Waals surface area contributed by atoms with Gasteiger partial charge in [-0.05, 0) is 71.8 Å². The fraction of sp³-hybridized carbons (Fsp3) is 0.0857. The van der Waals surface area contributed by atoms with Crippen molar-refractivity contribution in [2.75, 3.05) is 0 Å². The minimum absolute atomic E-state index is 0. The van der Waals surface area contributed by atoms with Gasteiger partial charge >= 0.3 is 35.5 Å². The molecule has 8 nitrogen and oxygen atoms in total. The molecular formula is C35H26Cl2N3NaO5. The van der Waals surface area contributed by atoms with Crippen molar-refractivity contribution < 1.29 is 24.6 Å². The first kappa shape index (κ1) is 33.2. The number of rotatable bonds is 10. The van der Waals surface area contributed by atoms with E-state index in [0.29, 0.717) is 32.7 Å². The molecule has 0 radical (unpaired) electrons. The van der Waals surface area contributed by atoms with Crippen LogP contribution in [0.5, 0.6) is 11.5 Å². The Morgan fingerprint density at radius 2 is 1.09 bits per heavy atom. The van der Waals surface area contributed by atoms with Crippen LogP contribution in [0.4, 0.5) is 0 Å². The summed E-state index contributed by atoms with van der Waals surface area (Å²) >= 11 is 12.2. The number of nitrogens with zero attached hydrogens (tertiary/aromatic N) is 3. The average molecular weight is 663 g/mol. The number of aliphatic carboxylic acids is 1. The SMILES string of the molecule is O=C(O)/C(=N\O)C(c1ccc(OCc2ccc3ccc(Cl)cc3n2)cc1)c1ccc(OCc2ccc3ccc(Cl)cc3n2)cc1.[NaH]. The molecule has 0 aliphatic heterocycles. The van der Waals surface area contributed by atoms with Crippen LogP contribution >= 0.6 is 23.2 Å². The Bertz CT molecular complexity index is 1910. The van der Waals surface area contributed by atoms with Crippen molar-refractivity contribution in [3.05, 3.63) is 142 Å². The van der Waals surface area contributed by atoms with E-state index in [0.717, 1.165) is 33.2 Å². The van der Waals surface area contributed by atoms with Crippen molar-refractivity contribution in [2.24, 2.45) is 5.16 Å². The number of halogens is 2. The van der Waals surface area contributed by atoms with Gasteiger partial charge in [0.25, 0.3) is 0 Å². The number of oxime groups is 1. The van der Waals surface area contributed by atoms with Crippen LogP contribution in [-0.4, -0.2) is 61.5 Å². The zero-order valence-electron chi connectivity index (χ0n) is 23.6. The second-order valence-electron chi connectivity index (χ2n) is 10.2. The predicted octanol–water partition coefficient (Wildman–Crippen LogP) is 7.65. The molecule has 0 unspecified atom stereocenters. The monoisotopic (exact) mass is 661 g/mol. The summed E-state index contributed by atoms with van der Waals surface area (Å²) < 4.78 is 11.9. The summed E-state index contributed by atoms with van der Waals surface area (Å²) in [5.41, 5.74) is 3.80. The molecule has 0 atom stereocenters. The van der Waals surface area contributed by atoms with Gasteiger partial charge < -0.3 is 19.8 Å². The first-order valence-corrected chi connectivity index (χ1v) is 14.6. The topological polar surface area (TPSA) is 114 Å². The van der Waals surface area contributed by atoms with Crippen molar-refractivity contribution >= 4 is 86.2 Å². The number of hydrogen-bond donors (Lipinski definition) is 2. The fourth-order valence-electron chi connectivity index (χ4n) is 4.99. The number of pyridine rings is 2. The zero-order chi connectivity index (χ0) is 31.3. The number of aromatic nitrogens is 2. The molecule has 11 heteroatoms. The number of hydrogen-bond acceptors (Lipinski definition) is 7. The third-order valence-corrected chi connectivity index (χ3v) is 7.69. The van der Waals surface area contributed by atoms with Gasteiger partial charge in [-0.3, -0.25) is 0 Å². The van der Waals surface area contributed by atoms with Gasteiger partial charge in [-0.15, -0.1) is 0 Å². The summed E-state index contributed by atoms with van der Waals surface area (Å²) in [4.78, 5) is 21.2. The van der Waals surface area contributed by atoms with Crippen LogP contribution in [0.1, 0.15) is 28.4 Å². The maximum absolute atomic E-state index is 12.0. The molecule has 46 heavy (non-hydrogen) atoms. The molecular weight excluding hydrogens is 636 g/mol. The molecule has 6 aromatic rings. The first-order valence-electron chi connectivity index (χ1n) is 13.9. The van der Waals surface area contributed by atoms with Gasteiger partial charge in [0.15, 0.2) is 5.71 Å². The molecule has 0 saturated carbocycles. The Labute approximate surface area is 296 Å². The van der Waals surface area contributed by atoms with Gasteiger partial charge in [0.05, 0.1) is 28.3 Å². The maximum atomic E-state index is 12.0. The van der Waals surface area contributed by atoms with E-state index in [1.54, 1.807) is 60.7 Å². The van der Waals surface area contributed by atoms with Gasteiger partial charge in [0.1, 0.15) is 24.7 Å². The second-order valence-corrected chi connectivity index (χ2v) is 11.1. The van der Waals surface area contributed by atoms with Crippen LogP contribution in [0.15, 0.2) is 114 Å². The van der Waals surface area contributed by atoms with E-state index < -0.39 is 17.6 Å². The summed E-state index contributed by atoms with van der Waals surface area (Å²) in [6.45, 7) is 0.460. The zero-order valence-corrected chi connectivity index (χ0v) is 25.1. The Morgan fingerprint density at radius 3 is 1.48 bits per heavy atom. The van der Waals surface area contributed by atoms with Crippen molar-refractivity contribution in [1.29, 1.82) is 0 Å².